The summed E-state index contributed by atoms with van der Waals surface area (Å²) in [4.78, 5) is 12.6. The van der Waals surface area contributed by atoms with Gasteiger partial charge in [-0.3, -0.25) is 0 Å². The second-order valence-corrected chi connectivity index (χ2v) is 12.2. The molecule has 1 atom stereocenters. The van der Waals surface area contributed by atoms with Gasteiger partial charge in [-0.25, -0.2) is 9.98 Å². The largest absolute Gasteiger partial charge is 0.455 e. The smallest absolute Gasteiger partial charge is 0.160 e. The summed E-state index contributed by atoms with van der Waals surface area (Å²) in [7, 11) is 2.06. The molecule has 1 aliphatic heterocycles. The fourth-order valence-electron chi connectivity index (χ4n) is 7.00. The van der Waals surface area contributed by atoms with Gasteiger partial charge in [-0.1, -0.05) is 158 Å². The normalized spacial score (nSPS) is 14.8. The molecule has 9 rings (SSSR count). The van der Waals surface area contributed by atoms with Gasteiger partial charge in [-0.05, 0) is 39.1 Å². The van der Waals surface area contributed by atoms with Crippen molar-refractivity contribution in [3.63, 3.8) is 0 Å². The van der Waals surface area contributed by atoms with E-state index in [0.29, 0.717) is 5.84 Å². The fourth-order valence-corrected chi connectivity index (χ4v) is 7.00. The van der Waals surface area contributed by atoms with Gasteiger partial charge in [-0.15, -0.1) is 0 Å². The number of hydrogen-bond donors (Lipinski definition) is 0. The fraction of sp³-hybridized carbons (Fsp3) is 0.0455. The van der Waals surface area contributed by atoms with Gasteiger partial charge >= 0.3 is 0 Å². The maximum atomic E-state index is 6.67. The second kappa shape index (κ2) is 11.5. The van der Waals surface area contributed by atoms with Gasteiger partial charge in [0.25, 0.3) is 0 Å². The third kappa shape index (κ3) is 4.69. The molecule has 1 aliphatic rings. The van der Waals surface area contributed by atoms with E-state index in [4.69, 9.17) is 14.4 Å². The zero-order chi connectivity index (χ0) is 32.0. The number of benzene rings is 7. The van der Waals surface area contributed by atoms with E-state index in [1.165, 1.54) is 21.9 Å². The summed E-state index contributed by atoms with van der Waals surface area (Å²) >= 11 is 0. The molecule has 4 nitrogen and oxygen atoms in total. The molecule has 0 saturated carbocycles. The first kappa shape index (κ1) is 28.0. The highest BCUT2D eigenvalue weighted by Gasteiger charge is 2.28. The lowest BCUT2D eigenvalue weighted by Crippen LogP contribution is -2.35. The Morgan fingerprint density at radius 3 is 1.94 bits per heavy atom. The Morgan fingerprint density at radius 1 is 0.521 bits per heavy atom. The maximum Gasteiger partial charge on any atom is 0.160 e. The van der Waals surface area contributed by atoms with E-state index in [-0.39, 0.29) is 6.17 Å². The van der Waals surface area contributed by atoms with E-state index in [9.17, 15) is 0 Å². The Labute approximate surface area is 279 Å². The lowest BCUT2D eigenvalue weighted by Gasteiger charge is -2.32. The molecule has 7 aromatic carbocycles. The summed E-state index contributed by atoms with van der Waals surface area (Å²) in [6.07, 6.45) is -0.224. The van der Waals surface area contributed by atoms with Crippen LogP contribution in [0.25, 0.3) is 55.0 Å². The van der Waals surface area contributed by atoms with Crippen molar-refractivity contribution in [1.29, 1.82) is 0 Å². The van der Waals surface area contributed by atoms with E-state index in [1.54, 1.807) is 0 Å². The number of aliphatic imine (C=N–C) groups is 2. The maximum absolute atomic E-state index is 6.67. The van der Waals surface area contributed by atoms with Gasteiger partial charge in [0.15, 0.2) is 5.84 Å². The Hall–Kier alpha value is -6.26. The SMILES string of the molecule is CN1C(c2ccccc2)=NC(c2cccc3oc4c(-c5ccc(-c6cccc7ccccc67)cc5)cccc4c23)=NC1c1ccccc1. The van der Waals surface area contributed by atoms with Crippen LogP contribution in [-0.2, 0) is 0 Å². The van der Waals surface area contributed by atoms with Crippen LogP contribution in [-0.4, -0.2) is 23.6 Å². The van der Waals surface area contributed by atoms with Crippen LogP contribution in [0.3, 0.4) is 0 Å². The number of fused-ring (bicyclic) bond motifs is 4. The van der Waals surface area contributed by atoms with Crippen LogP contribution < -0.4 is 0 Å². The third-order valence-corrected chi connectivity index (χ3v) is 9.35. The summed E-state index contributed by atoms with van der Waals surface area (Å²) in [5.41, 5.74) is 9.37. The van der Waals surface area contributed by atoms with Crippen molar-refractivity contribution in [1.82, 2.24) is 4.90 Å². The lowest BCUT2D eigenvalue weighted by atomic mass is 9.95. The van der Waals surface area contributed by atoms with Gasteiger partial charge in [-0.2, -0.15) is 0 Å². The number of para-hydroxylation sites is 1. The molecule has 0 radical (unpaired) electrons. The quantitative estimate of drug-likeness (QED) is 0.193. The molecule has 228 valence electrons. The lowest BCUT2D eigenvalue weighted by molar-refractivity contribution is 0.383. The zero-order valence-corrected chi connectivity index (χ0v) is 26.4. The van der Waals surface area contributed by atoms with Crippen molar-refractivity contribution >= 4 is 44.4 Å². The van der Waals surface area contributed by atoms with Crippen LogP contribution in [0.5, 0.6) is 0 Å². The van der Waals surface area contributed by atoms with Crippen LogP contribution in [0.15, 0.2) is 178 Å². The van der Waals surface area contributed by atoms with Crippen molar-refractivity contribution in [3.05, 3.63) is 180 Å². The van der Waals surface area contributed by atoms with E-state index in [0.717, 1.165) is 55.6 Å². The molecule has 1 unspecified atom stereocenters. The van der Waals surface area contributed by atoms with Gasteiger partial charge < -0.3 is 9.32 Å². The topological polar surface area (TPSA) is 41.1 Å². The average Bonchev–Trinajstić information content (AvgIpc) is 3.55. The Kier molecular flexibility index (Phi) is 6.72. The van der Waals surface area contributed by atoms with Crippen molar-refractivity contribution in [2.75, 3.05) is 7.05 Å². The summed E-state index contributed by atoms with van der Waals surface area (Å²) < 4.78 is 6.67. The second-order valence-electron chi connectivity index (χ2n) is 12.2. The van der Waals surface area contributed by atoms with Gasteiger partial charge in [0.1, 0.15) is 23.2 Å². The number of hydrogen-bond acceptors (Lipinski definition) is 4. The molecule has 8 aromatic rings. The zero-order valence-electron chi connectivity index (χ0n) is 26.4. The average molecular weight is 618 g/mol. The first-order valence-electron chi connectivity index (χ1n) is 16.3. The Balaban J connectivity index is 1.18. The highest BCUT2D eigenvalue weighted by Crippen LogP contribution is 2.39. The molecule has 1 aromatic heterocycles. The van der Waals surface area contributed by atoms with Crippen LogP contribution in [0.2, 0.25) is 0 Å². The molecule has 0 fully saturated rings. The molecular weight excluding hydrogens is 587 g/mol. The van der Waals surface area contributed by atoms with Crippen LogP contribution in [0.1, 0.15) is 22.9 Å². The van der Waals surface area contributed by atoms with Crippen LogP contribution in [0.4, 0.5) is 0 Å². The number of amidine groups is 2. The van der Waals surface area contributed by atoms with Crippen molar-refractivity contribution in [2.45, 2.75) is 6.17 Å². The number of rotatable bonds is 5. The molecule has 0 spiro atoms. The highest BCUT2D eigenvalue weighted by molar-refractivity contribution is 6.22. The first-order chi connectivity index (χ1) is 23.7. The number of nitrogens with zero attached hydrogens (tertiary/aromatic N) is 3. The summed E-state index contributed by atoms with van der Waals surface area (Å²) in [6.45, 7) is 0. The summed E-state index contributed by atoms with van der Waals surface area (Å²) in [5, 5.41) is 4.56. The van der Waals surface area contributed by atoms with Gasteiger partial charge in [0.2, 0.25) is 0 Å². The standard InChI is InChI=1S/C44H31N3O/c1-47-43(32-14-4-2-5-15-32)45-42(46-44(47)33-16-6-3-7-17-33)38-23-12-24-39-40(38)37-22-11-21-36(41(37)48-39)31-27-25-30(26-28-31)35-20-10-18-29-13-8-9-19-34(29)35/h2-28,43H,1H3. The molecule has 0 N–H and O–H groups in total. The van der Waals surface area contributed by atoms with E-state index in [1.807, 2.05) is 24.3 Å². The van der Waals surface area contributed by atoms with Crippen LogP contribution >= 0.6 is 0 Å². The highest BCUT2D eigenvalue weighted by atomic mass is 16.3. The molecule has 0 bridgehead atoms. The minimum atomic E-state index is -0.224. The molecule has 0 aliphatic carbocycles. The van der Waals surface area contributed by atoms with E-state index in [2.05, 4.69) is 151 Å². The first-order valence-corrected chi connectivity index (χ1v) is 16.3. The molecule has 4 heteroatoms. The minimum absolute atomic E-state index is 0.224. The van der Waals surface area contributed by atoms with Gasteiger partial charge in [0, 0.05) is 34.5 Å². The minimum Gasteiger partial charge on any atom is -0.455 e. The predicted molar refractivity (Wildman–Crippen MR) is 199 cm³/mol. The third-order valence-electron chi connectivity index (χ3n) is 9.35. The van der Waals surface area contributed by atoms with E-state index < -0.39 is 0 Å². The van der Waals surface area contributed by atoms with Crippen molar-refractivity contribution < 1.29 is 4.42 Å². The Bertz CT molecular complexity index is 2510. The van der Waals surface area contributed by atoms with Gasteiger partial charge in [0.05, 0.1) is 0 Å². The molecule has 2 heterocycles. The van der Waals surface area contributed by atoms with E-state index >= 15 is 0 Å². The van der Waals surface area contributed by atoms with Crippen molar-refractivity contribution in [2.24, 2.45) is 9.98 Å². The number of furan rings is 1. The molecule has 48 heavy (non-hydrogen) atoms. The molecule has 0 amide bonds. The Morgan fingerprint density at radius 2 is 1.12 bits per heavy atom. The monoisotopic (exact) mass is 617 g/mol. The predicted octanol–water partition coefficient (Wildman–Crippen LogP) is 10.9. The van der Waals surface area contributed by atoms with Crippen LogP contribution in [0, 0.1) is 0 Å². The molecular formula is C44H31N3O. The summed E-state index contributed by atoms with van der Waals surface area (Å²) in [5.74, 6) is 1.57. The molecule has 0 saturated heterocycles. The van der Waals surface area contributed by atoms with Crippen molar-refractivity contribution in [3.8, 4) is 22.3 Å². The summed E-state index contributed by atoms with van der Waals surface area (Å²) in [6, 6.07) is 57.2.